The minimum Gasteiger partial charge on any atom is -0.330 e. The largest absolute Gasteiger partial charge is 0.330 e. The Bertz CT molecular complexity index is 143. The van der Waals surface area contributed by atoms with E-state index in [-0.39, 0.29) is 0 Å². The zero-order chi connectivity index (χ0) is 10.8. The van der Waals surface area contributed by atoms with Crippen LogP contribution < -0.4 is 5.73 Å². The molecule has 0 saturated carbocycles. The highest BCUT2D eigenvalue weighted by atomic mass is 16.1. The fraction of sp³-hybridized carbons (Fsp3) is 0.917. The van der Waals surface area contributed by atoms with Crippen LogP contribution >= 0.6 is 0 Å². The van der Waals surface area contributed by atoms with Gasteiger partial charge in [0.05, 0.1) is 0 Å². The van der Waals surface area contributed by atoms with Gasteiger partial charge in [0.1, 0.15) is 5.78 Å². The summed E-state index contributed by atoms with van der Waals surface area (Å²) in [7, 11) is 0. The molecule has 84 valence electrons. The van der Waals surface area contributed by atoms with Gasteiger partial charge in [-0.2, -0.15) is 0 Å². The Hall–Kier alpha value is -0.370. The first-order valence-electron chi connectivity index (χ1n) is 5.88. The van der Waals surface area contributed by atoms with Crippen molar-refractivity contribution in [3.05, 3.63) is 0 Å². The number of hydrogen-bond acceptors (Lipinski definition) is 2. The molecule has 0 aromatic rings. The summed E-state index contributed by atoms with van der Waals surface area (Å²) < 4.78 is 0. The molecule has 14 heavy (non-hydrogen) atoms. The number of nitrogens with two attached hydrogens (primary N) is 1. The topological polar surface area (TPSA) is 43.1 Å². The fourth-order valence-electron chi connectivity index (χ4n) is 1.48. The van der Waals surface area contributed by atoms with Crippen molar-refractivity contribution >= 4 is 5.78 Å². The summed E-state index contributed by atoms with van der Waals surface area (Å²) in [5, 5.41) is 0. The van der Waals surface area contributed by atoms with Crippen LogP contribution in [0.15, 0.2) is 0 Å². The molecule has 0 aromatic heterocycles. The van der Waals surface area contributed by atoms with Crippen LogP contribution in [0.25, 0.3) is 0 Å². The Balaban J connectivity index is 3.20. The SMILES string of the molecule is CC(C)CCCC(=O)CCCCCN. The third kappa shape index (κ3) is 9.72. The maximum absolute atomic E-state index is 11.4. The van der Waals surface area contributed by atoms with Crippen LogP contribution in [0.1, 0.15) is 58.8 Å². The molecular weight excluding hydrogens is 174 g/mol. The van der Waals surface area contributed by atoms with Crippen molar-refractivity contribution in [2.45, 2.75) is 58.8 Å². The fourth-order valence-corrected chi connectivity index (χ4v) is 1.48. The molecular formula is C12H25NO. The number of ketones is 1. The molecule has 0 aliphatic heterocycles. The summed E-state index contributed by atoms with van der Waals surface area (Å²) >= 11 is 0. The number of carbonyl (C=O) groups is 1. The van der Waals surface area contributed by atoms with E-state index in [0.29, 0.717) is 5.78 Å². The van der Waals surface area contributed by atoms with Gasteiger partial charge in [-0.25, -0.2) is 0 Å². The van der Waals surface area contributed by atoms with Gasteiger partial charge in [0.15, 0.2) is 0 Å². The molecule has 0 aliphatic carbocycles. The second-order valence-electron chi connectivity index (χ2n) is 4.42. The van der Waals surface area contributed by atoms with Crippen LogP contribution in [0.2, 0.25) is 0 Å². The van der Waals surface area contributed by atoms with E-state index in [1.165, 1.54) is 6.42 Å². The molecule has 0 saturated heterocycles. The number of Topliss-reactive ketones (excluding diaryl/α,β-unsaturated/α-hetero) is 1. The minimum absolute atomic E-state index is 0.433. The predicted molar refractivity (Wildman–Crippen MR) is 61.2 cm³/mol. The summed E-state index contributed by atoms with van der Waals surface area (Å²) in [5.74, 6) is 1.16. The molecule has 2 N–H and O–H groups in total. The standard InChI is InChI=1S/C12H25NO/c1-11(2)7-6-9-12(14)8-4-3-5-10-13/h11H,3-10,13H2,1-2H3. The average Bonchev–Trinajstić information content (AvgIpc) is 2.12. The van der Waals surface area contributed by atoms with Gasteiger partial charge in [-0.05, 0) is 31.7 Å². The molecule has 0 heterocycles. The molecule has 0 unspecified atom stereocenters. The van der Waals surface area contributed by atoms with Gasteiger partial charge in [0, 0.05) is 12.8 Å². The Morgan fingerprint density at radius 2 is 1.71 bits per heavy atom. The predicted octanol–water partition coefficient (Wildman–Crippen LogP) is 2.90. The molecule has 0 fully saturated rings. The Morgan fingerprint density at radius 3 is 2.29 bits per heavy atom. The third-order valence-electron chi connectivity index (χ3n) is 2.40. The van der Waals surface area contributed by atoms with Crippen molar-refractivity contribution < 1.29 is 4.79 Å². The Kier molecular flexibility index (Phi) is 8.95. The van der Waals surface area contributed by atoms with E-state index in [2.05, 4.69) is 13.8 Å². The third-order valence-corrected chi connectivity index (χ3v) is 2.40. The van der Waals surface area contributed by atoms with Gasteiger partial charge in [-0.1, -0.05) is 26.7 Å². The van der Waals surface area contributed by atoms with Gasteiger partial charge in [-0.15, -0.1) is 0 Å². The van der Waals surface area contributed by atoms with Gasteiger partial charge in [0.2, 0.25) is 0 Å². The van der Waals surface area contributed by atoms with Crippen molar-refractivity contribution in [2.24, 2.45) is 11.7 Å². The second-order valence-corrected chi connectivity index (χ2v) is 4.42. The summed E-state index contributed by atoms with van der Waals surface area (Å²) in [4.78, 5) is 11.4. The quantitative estimate of drug-likeness (QED) is 0.580. The molecule has 0 bridgehead atoms. The molecule has 0 amide bonds. The van der Waals surface area contributed by atoms with Crippen LogP contribution in [0.4, 0.5) is 0 Å². The number of unbranched alkanes of at least 4 members (excludes halogenated alkanes) is 2. The lowest BCUT2D eigenvalue weighted by molar-refractivity contribution is -0.119. The van der Waals surface area contributed by atoms with Crippen molar-refractivity contribution in [1.29, 1.82) is 0 Å². The lowest BCUT2D eigenvalue weighted by Crippen LogP contribution is -2.01. The maximum Gasteiger partial charge on any atom is 0.132 e. The van der Waals surface area contributed by atoms with E-state index in [0.717, 1.165) is 51.0 Å². The smallest absolute Gasteiger partial charge is 0.132 e. The van der Waals surface area contributed by atoms with E-state index in [1.807, 2.05) is 0 Å². The van der Waals surface area contributed by atoms with Gasteiger partial charge in [-0.3, -0.25) is 4.79 Å². The molecule has 2 nitrogen and oxygen atoms in total. The van der Waals surface area contributed by atoms with Gasteiger partial charge >= 0.3 is 0 Å². The first-order chi connectivity index (χ1) is 6.66. The van der Waals surface area contributed by atoms with E-state index in [4.69, 9.17) is 5.73 Å². The summed E-state index contributed by atoms with van der Waals surface area (Å²) in [5.41, 5.74) is 5.37. The van der Waals surface area contributed by atoms with E-state index in [9.17, 15) is 4.79 Å². The summed E-state index contributed by atoms with van der Waals surface area (Å²) in [6, 6.07) is 0. The first-order valence-corrected chi connectivity index (χ1v) is 5.88. The maximum atomic E-state index is 11.4. The normalized spacial score (nSPS) is 10.9. The van der Waals surface area contributed by atoms with E-state index >= 15 is 0 Å². The number of carbonyl (C=O) groups excluding carboxylic acids is 1. The van der Waals surface area contributed by atoms with Crippen molar-refractivity contribution in [3.8, 4) is 0 Å². The van der Waals surface area contributed by atoms with Crippen LogP contribution in [0.5, 0.6) is 0 Å². The van der Waals surface area contributed by atoms with Gasteiger partial charge in [0.25, 0.3) is 0 Å². The number of hydrogen-bond donors (Lipinski definition) is 1. The van der Waals surface area contributed by atoms with Crippen molar-refractivity contribution in [2.75, 3.05) is 6.54 Å². The molecule has 0 aromatic carbocycles. The number of rotatable bonds is 9. The van der Waals surface area contributed by atoms with E-state index in [1.54, 1.807) is 0 Å². The van der Waals surface area contributed by atoms with Crippen LogP contribution in [-0.2, 0) is 4.79 Å². The molecule has 0 spiro atoms. The van der Waals surface area contributed by atoms with Crippen LogP contribution in [0.3, 0.4) is 0 Å². The second kappa shape index (κ2) is 9.20. The highest BCUT2D eigenvalue weighted by molar-refractivity contribution is 5.78. The van der Waals surface area contributed by atoms with E-state index < -0.39 is 0 Å². The van der Waals surface area contributed by atoms with Gasteiger partial charge < -0.3 is 5.73 Å². The monoisotopic (exact) mass is 199 g/mol. The zero-order valence-corrected chi connectivity index (χ0v) is 9.72. The van der Waals surface area contributed by atoms with Crippen LogP contribution in [0, 0.1) is 5.92 Å². The molecule has 2 heteroatoms. The molecule has 0 atom stereocenters. The summed E-state index contributed by atoms with van der Waals surface area (Å²) in [6.45, 7) is 5.15. The molecule has 0 aliphatic rings. The van der Waals surface area contributed by atoms with Crippen LogP contribution in [-0.4, -0.2) is 12.3 Å². The first kappa shape index (κ1) is 13.6. The highest BCUT2D eigenvalue weighted by Gasteiger charge is 2.02. The lowest BCUT2D eigenvalue weighted by atomic mass is 10.0. The average molecular weight is 199 g/mol. The van der Waals surface area contributed by atoms with Crippen molar-refractivity contribution in [3.63, 3.8) is 0 Å². The molecule has 0 radical (unpaired) electrons. The minimum atomic E-state index is 0.433. The lowest BCUT2D eigenvalue weighted by Gasteiger charge is -2.03. The Morgan fingerprint density at radius 1 is 1.07 bits per heavy atom. The summed E-state index contributed by atoms with van der Waals surface area (Å²) in [6.07, 6.45) is 6.96. The van der Waals surface area contributed by atoms with Crippen molar-refractivity contribution in [1.82, 2.24) is 0 Å². The highest BCUT2D eigenvalue weighted by Crippen LogP contribution is 2.09. The Labute approximate surface area is 88.3 Å². The zero-order valence-electron chi connectivity index (χ0n) is 9.72. The molecule has 0 rings (SSSR count).